The van der Waals surface area contributed by atoms with Gasteiger partial charge in [0.05, 0.1) is 0 Å². The van der Waals surface area contributed by atoms with Crippen LogP contribution in [-0.4, -0.2) is 30.3 Å². The molecule has 0 aromatic rings. The maximum absolute atomic E-state index is 11.7. The van der Waals surface area contributed by atoms with Gasteiger partial charge in [-0.05, 0) is 43.9 Å². The van der Waals surface area contributed by atoms with E-state index in [0.717, 1.165) is 6.54 Å². The summed E-state index contributed by atoms with van der Waals surface area (Å²) in [5.74, 6) is 0.684. The molecule has 4 nitrogen and oxygen atoms in total. The predicted molar refractivity (Wildman–Crippen MR) is 73.4 cm³/mol. The lowest BCUT2D eigenvalue weighted by molar-refractivity contribution is 0.100. The van der Waals surface area contributed by atoms with Crippen LogP contribution < -0.4 is 10.6 Å². The molecule has 1 aliphatic rings. The monoisotopic (exact) mass is 256 g/mol. The Morgan fingerprint density at radius 2 is 2.00 bits per heavy atom. The Morgan fingerprint density at radius 1 is 1.33 bits per heavy atom. The molecule has 18 heavy (non-hydrogen) atoms. The van der Waals surface area contributed by atoms with E-state index in [1.165, 1.54) is 25.7 Å². The molecular weight excluding hydrogens is 228 g/mol. The summed E-state index contributed by atoms with van der Waals surface area (Å²) in [6, 6.07) is -0.0802. The van der Waals surface area contributed by atoms with Crippen molar-refractivity contribution in [3.8, 4) is 0 Å². The first-order chi connectivity index (χ1) is 8.47. The van der Waals surface area contributed by atoms with Crippen LogP contribution in [0, 0.1) is 11.3 Å². The van der Waals surface area contributed by atoms with Crippen LogP contribution in [0.3, 0.4) is 0 Å². The number of hydrogen-bond donors (Lipinski definition) is 3. The summed E-state index contributed by atoms with van der Waals surface area (Å²) < 4.78 is 0. The maximum atomic E-state index is 11.7. The molecule has 0 bridgehead atoms. The van der Waals surface area contributed by atoms with Crippen LogP contribution in [0.15, 0.2) is 0 Å². The van der Waals surface area contributed by atoms with E-state index in [4.69, 9.17) is 5.11 Å². The van der Waals surface area contributed by atoms with Gasteiger partial charge in [0.1, 0.15) is 0 Å². The summed E-state index contributed by atoms with van der Waals surface area (Å²) in [6.45, 7) is 7.28. The number of nitrogens with one attached hydrogen (secondary N) is 2. The number of hydrogen-bond acceptors (Lipinski definition) is 2. The van der Waals surface area contributed by atoms with Crippen molar-refractivity contribution in [1.82, 2.24) is 10.6 Å². The fourth-order valence-electron chi connectivity index (χ4n) is 2.80. The molecule has 3 N–H and O–H groups in total. The Labute approximate surface area is 111 Å². The summed E-state index contributed by atoms with van der Waals surface area (Å²) in [7, 11) is 0. The van der Waals surface area contributed by atoms with Crippen molar-refractivity contribution >= 4 is 6.03 Å². The Bertz CT molecular complexity index is 263. The highest BCUT2D eigenvalue weighted by atomic mass is 16.3. The third-order valence-corrected chi connectivity index (χ3v) is 3.82. The van der Waals surface area contributed by atoms with E-state index in [1.54, 1.807) is 0 Å². The van der Waals surface area contributed by atoms with Crippen molar-refractivity contribution in [2.24, 2.45) is 11.3 Å². The number of carbonyl (C=O) groups excluding carboxylic acids is 1. The standard InChI is InChI=1S/C14H28N2O2/c1-11(2)9-14(6-4-7-14)10-15-13(18)16-12(3)5-8-17/h11-12,17H,4-10H2,1-3H3,(H2,15,16,18)/t12-/m1/s1. The summed E-state index contributed by atoms with van der Waals surface area (Å²) in [5, 5.41) is 14.6. The Balaban J connectivity index is 2.28. The number of aliphatic hydroxyl groups is 1. The highest BCUT2D eigenvalue weighted by Gasteiger charge is 2.37. The van der Waals surface area contributed by atoms with Gasteiger partial charge >= 0.3 is 6.03 Å². The average Bonchev–Trinajstić information content (AvgIpc) is 2.21. The fourth-order valence-corrected chi connectivity index (χ4v) is 2.80. The van der Waals surface area contributed by atoms with Gasteiger partial charge in [0.2, 0.25) is 0 Å². The minimum Gasteiger partial charge on any atom is -0.396 e. The van der Waals surface area contributed by atoms with Gasteiger partial charge in [0.15, 0.2) is 0 Å². The van der Waals surface area contributed by atoms with Crippen LogP contribution >= 0.6 is 0 Å². The van der Waals surface area contributed by atoms with E-state index < -0.39 is 0 Å². The Hall–Kier alpha value is -0.770. The van der Waals surface area contributed by atoms with Gasteiger partial charge in [-0.15, -0.1) is 0 Å². The van der Waals surface area contributed by atoms with E-state index >= 15 is 0 Å². The Morgan fingerprint density at radius 3 is 2.44 bits per heavy atom. The van der Waals surface area contributed by atoms with Gasteiger partial charge in [0, 0.05) is 19.2 Å². The molecule has 4 heteroatoms. The highest BCUT2D eigenvalue weighted by molar-refractivity contribution is 5.74. The lowest BCUT2D eigenvalue weighted by Crippen LogP contribution is -2.48. The van der Waals surface area contributed by atoms with Crippen molar-refractivity contribution < 1.29 is 9.90 Å². The normalized spacial score (nSPS) is 19.2. The molecule has 1 aliphatic carbocycles. The van der Waals surface area contributed by atoms with E-state index in [9.17, 15) is 4.79 Å². The first-order valence-corrected chi connectivity index (χ1v) is 7.13. The van der Waals surface area contributed by atoms with Crippen molar-refractivity contribution in [3.05, 3.63) is 0 Å². The molecule has 1 saturated carbocycles. The first kappa shape index (κ1) is 15.3. The topological polar surface area (TPSA) is 61.4 Å². The van der Waals surface area contributed by atoms with E-state index in [0.29, 0.717) is 17.8 Å². The van der Waals surface area contributed by atoms with Gasteiger partial charge in [-0.1, -0.05) is 20.3 Å². The Kier molecular flexibility index (Phi) is 5.93. The zero-order valence-electron chi connectivity index (χ0n) is 12.0. The molecule has 1 rings (SSSR count). The third-order valence-electron chi connectivity index (χ3n) is 3.82. The third kappa shape index (κ3) is 4.84. The molecule has 0 heterocycles. The molecule has 2 amide bonds. The molecule has 1 fully saturated rings. The quantitative estimate of drug-likeness (QED) is 0.654. The highest BCUT2D eigenvalue weighted by Crippen LogP contribution is 2.45. The summed E-state index contributed by atoms with van der Waals surface area (Å²) in [6.07, 6.45) is 5.55. The van der Waals surface area contributed by atoms with Crippen LogP contribution in [0.2, 0.25) is 0 Å². The van der Waals surface area contributed by atoms with E-state index in [2.05, 4.69) is 24.5 Å². The zero-order chi connectivity index (χ0) is 13.6. The van der Waals surface area contributed by atoms with Gasteiger partial charge in [-0.3, -0.25) is 0 Å². The summed E-state index contributed by atoms with van der Waals surface area (Å²) in [4.78, 5) is 11.7. The molecule has 0 aromatic carbocycles. The minimum atomic E-state index is -0.106. The molecule has 0 aliphatic heterocycles. The number of aliphatic hydroxyl groups excluding tert-OH is 1. The van der Waals surface area contributed by atoms with Gasteiger partial charge in [0.25, 0.3) is 0 Å². The minimum absolute atomic E-state index is 0.0254. The molecule has 0 aromatic heterocycles. The van der Waals surface area contributed by atoms with Crippen LogP contribution in [0.5, 0.6) is 0 Å². The van der Waals surface area contributed by atoms with Crippen LogP contribution in [-0.2, 0) is 0 Å². The number of urea groups is 1. The molecule has 1 atom stereocenters. The number of rotatable bonds is 7. The molecule has 0 spiro atoms. The van der Waals surface area contributed by atoms with Crippen LogP contribution in [0.1, 0.15) is 52.9 Å². The van der Waals surface area contributed by atoms with E-state index in [1.807, 2.05) is 6.92 Å². The second kappa shape index (κ2) is 6.98. The number of carbonyl (C=O) groups is 1. The predicted octanol–water partition coefficient (Wildman–Crippen LogP) is 2.27. The lowest BCUT2D eigenvalue weighted by Gasteiger charge is -2.43. The average molecular weight is 256 g/mol. The van der Waals surface area contributed by atoms with Gasteiger partial charge in [-0.25, -0.2) is 4.79 Å². The number of amides is 2. The van der Waals surface area contributed by atoms with Crippen molar-refractivity contribution in [2.75, 3.05) is 13.2 Å². The van der Waals surface area contributed by atoms with Crippen molar-refractivity contribution in [1.29, 1.82) is 0 Å². The second-order valence-electron chi connectivity index (χ2n) is 6.19. The largest absolute Gasteiger partial charge is 0.396 e. The lowest BCUT2D eigenvalue weighted by atomic mass is 9.64. The van der Waals surface area contributed by atoms with Gasteiger partial charge < -0.3 is 15.7 Å². The zero-order valence-corrected chi connectivity index (χ0v) is 12.0. The van der Waals surface area contributed by atoms with Gasteiger partial charge in [-0.2, -0.15) is 0 Å². The molecule has 106 valence electrons. The molecule has 0 radical (unpaired) electrons. The molecular formula is C14H28N2O2. The molecule has 0 unspecified atom stereocenters. The first-order valence-electron chi connectivity index (χ1n) is 7.13. The van der Waals surface area contributed by atoms with Crippen LogP contribution in [0.4, 0.5) is 4.79 Å². The fraction of sp³-hybridized carbons (Fsp3) is 0.929. The SMILES string of the molecule is CC(C)CC1(CNC(=O)N[C@H](C)CCO)CCC1. The van der Waals surface area contributed by atoms with Crippen molar-refractivity contribution in [3.63, 3.8) is 0 Å². The maximum Gasteiger partial charge on any atom is 0.315 e. The van der Waals surface area contributed by atoms with Crippen LogP contribution in [0.25, 0.3) is 0 Å². The second-order valence-corrected chi connectivity index (χ2v) is 6.19. The van der Waals surface area contributed by atoms with Crippen molar-refractivity contribution in [2.45, 2.75) is 58.9 Å². The van der Waals surface area contributed by atoms with E-state index in [-0.39, 0.29) is 18.7 Å². The summed E-state index contributed by atoms with van der Waals surface area (Å²) >= 11 is 0. The summed E-state index contributed by atoms with van der Waals surface area (Å²) in [5.41, 5.74) is 0.339. The smallest absolute Gasteiger partial charge is 0.315 e. The molecule has 0 saturated heterocycles.